The first kappa shape index (κ1) is 14.0. The van der Waals surface area contributed by atoms with Crippen LogP contribution in [0.2, 0.25) is 5.02 Å². The molecule has 0 saturated carbocycles. The Bertz CT molecular complexity index is 712. The molecule has 108 valence electrons. The van der Waals surface area contributed by atoms with E-state index in [0.717, 1.165) is 23.2 Å². The number of hydrogen-bond donors (Lipinski definition) is 1. The maximum absolute atomic E-state index is 6.22. The van der Waals surface area contributed by atoms with Crippen molar-refractivity contribution in [1.82, 2.24) is 0 Å². The highest BCUT2D eigenvalue weighted by Gasteiger charge is 2.39. The third-order valence-corrected chi connectivity index (χ3v) is 4.17. The number of ether oxygens (including phenoxy) is 1. The van der Waals surface area contributed by atoms with Crippen LogP contribution in [0, 0.1) is 0 Å². The van der Waals surface area contributed by atoms with E-state index in [9.17, 15) is 0 Å². The molecule has 4 heteroatoms. The van der Waals surface area contributed by atoms with Crippen molar-refractivity contribution in [3.05, 3.63) is 58.6 Å². The van der Waals surface area contributed by atoms with Gasteiger partial charge < -0.3 is 10.5 Å². The van der Waals surface area contributed by atoms with Crippen LogP contribution in [0.1, 0.15) is 31.4 Å². The average Bonchev–Trinajstić information content (AvgIpc) is 2.51. The second kappa shape index (κ2) is 5.08. The smallest absolute Gasteiger partial charge is 0.189 e. The fraction of sp³-hybridized carbons (Fsp3) is 0.235. The van der Waals surface area contributed by atoms with E-state index in [1.165, 1.54) is 0 Å². The lowest BCUT2D eigenvalue weighted by Crippen LogP contribution is -2.34. The predicted molar refractivity (Wildman–Crippen MR) is 87.2 cm³/mol. The topological polar surface area (TPSA) is 47.6 Å². The van der Waals surface area contributed by atoms with Gasteiger partial charge in [-0.2, -0.15) is 0 Å². The Hall–Kier alpha value is -2.00. The van der Waals surface area contributed by atoms with Crippen LogP contribution < -0.4 is 5.73 Å². The first-order valence-corrected chi connectivity index (χ1v) is 7.34. The molecule has 0 fully saturated rings. The molecule has 0 saturated heterocycles. The summed E-state index contributed by atoms with van der Waals surface area (Å²) in [5, 5.41) is 0.523. The number of fused-ring (bicyclic) bond motifs is 1. The SMILES string of the molecule is CCC1=Nc2ccc(Cl)c(N)c2C(C)(c2ccccc2)O1. The van der Waals surface area contributed by atoms with Crippen LogP contribution in [0.4, 0.5) is 11.4 Å². The quantitative estimate of drug-likeness (QED) is 0.820. The Morgan fingerprint density at radius 1 is 1.19 bits per heavy atom. The molecule has 3 rings (SSSR count). The molecule has 1 unspecified atom stereocenters. The van der Waals surface area contributed by atoms with Gasteiger partial charge in [0.1, 0.15) is 0 Å². The highest BCUT2D eigenvalue weighted by molar-refractivity contribution is 6.33. The third-order valence-electron chi connectivity index (χ3n) is 3.84. The van der Waals surface area contributed by atoms with Gasteiger partial charge in [0.15, 0.2) is 11.5 Å². The van der Waals surface area contributed by atoms with Crippen LogP contribution in [0.25, 0.3) is 0 Å². The molecule has 0 aliphatic carbocycles. The summed E-state index contributed by atoms with van der Waals surface area (Å²) >= 11 is 6.20. The number of anilines is 1. The second-order valence-electron chi connectivity index (χ2n) is 5.22. The molecule has 0 spiro atoms. The second-order valence-corrected chi connectivity index (χ2v) is 5.62. The van der Waals surface area contributed by atoms with Gasteiger partial charge in [0.25, 0.3) is 0 Å². The van der Waals surface area contributed by atoms with Crippen LogP contribution in [0.5, 0.6) is 0 Å². The summed E-state index contributed by atoms with van der Waals surface area (Å²) in [5.41, 5.74) is 8.75. The summed E-state index contributed by atoms with van der Waals surface area (Å²) < 4.78 is 6.18. The number of hydrogen-bond acceptors (Lipinski definition) is 3. The van der Waals surface area contributed by atoms with Gasteiger partial charge in [-0.25, -0.2) is 4.99 Å². The van der Waals surface area contributed by atoms with E-state index in [2.05, 4.69) is 4.99 Å². The van der Waals surface area contributed by atoms with Crippen molar-refractivity contribution in [1.29, 1.82) is 0 Å². The molecule has 0 aromatic heterocycles. The van der Waals surface area contributed by atoms with Crippen LogP contribution in [-0.4, -0.2) is 5.90 Å². The Kier molecular flexibility index (Phi) is 3.38. The van der Waals surface area contributed by atoms with Gasteiger partial charge >= 0.3 is 0 Å². The number of benzene rings is 2. The average molecular weight is 301 g/mol. The van der Waals surface area contributed by atoms with E-state index in [1.54, 1.807) is 6.07 Å². The molecule has 2 aromatic carbocycles. The third kappa shape index (κ3) is 2.18. The Morgan fingerprint density at radius 3 is 2.57 bits per heavy atom. The lowest BCUT2D eigenvalue weighted by Gasteiger charge is -2.37. The van der Waals surface area contributed by atoms with Crippen LogP contribution in [-0.2, 0) is 10.3 Å². The van der Waals surface area contributed by atoms with Crippen molar-refractivity contribution < 1.29 is 4.74 Å². The monoisotopic (exact) mass is 300 g/mol. The number of nitrogen functional groups attached to an aromatic ring is 1. The Labute approximate surface area is 129 Å². The molecular weight excluding hydrogens is 284 g/mol. The van der Waals surface area contributed by atoms with Crippen molar-refractivity contribution in [3.8, 4) is 0 Å². The summed E-state index contributed by atoms with van der Waals surface area (Å²) in [7, 11) is 0. The molecule has 21 heavy (non-hydrogen) atoms. The zero-order chi connectivity index (χ0) is 15.0. The number of nitrogens with zero attached hydrogens (tertiary/aromatic N) is 1. The van der Waals surface area contributed by atoms with Gasteiger partial charge in [0.05, 0.1) is 22.0 Å². The van der Waals surface area contributed by atoms with E-state index in [1.807, 2.05) is 50.2 Å². The first-order chi connectivity index (χ1) is 10.1. The summed E-state index contributed by atoms with van der Waals surface area (Å²) in [6.07, 6.45) is 0.727. The summed E-state index contributed by atoms with van der Waals surface area (Å²) in [6.45, 7) is 4.03. The minimum atomic E-state index is -0.682. The zero-order valence-electron chi connectivity index (χ0n) is 12.1. The molecule has 0 amide bonds. The van der Waals surface area contributed by atoms with Crippen molar-refractivity contribution in [2.75, 3.05) is 5.73 Å². The van der Waals surface area contributed by atoms with E-state index in [0.29, 0.717) is 16.6 Å². The maximum atomic E-state index is 6.22. The van der Waals surface area contributed by atoms with E-state index in [4.69, 9.17) is 22.1 Å². The van der Waals surface area contributed by atoms with Crippen LogP contribution in [0.3, 0.4) is 0 Å². The zero-order valence-corrected chi connectivity index (χ0v) is 12.8. The molecule has 1 heterocycles. The summed E-state index contributed by atoms with van der Waals surface area (Å²) in [4.78, 5) is 4.54. The summed E-state index contributed by atoms with van der Waals surface area (Å²) in [5.74, 6) is 0.704. The van der Waals surface area contributed by atoms with Crippen molar-refractivity contribution >= 4 is 28.9 Å². The molecular formula is C17H17ClN2O. The van der Waals surface area contributed by atoms with E-state index in [-0.39, 0.29) is 0 Å². The molecule has 1 aliphatic rings. The van der Waals surface area contributed by atoms with Crippen LogP contribution >= 0.6 is 11.6 Å². The van der Waals surface area contributed by atoms with Crippen molar-refractivity contribution in [2.45, 2.75) is 25.9 Å². The molecule has 2 N–H and O–H groups in total. The van der Waals surface area contributed by atoms with Gasteiger partial charge in [-0.05, 0) is 24.6 Å². The number of nitrogens with two attached hydrogens (primary N) is 1. The highest BCUT2D eigenvalue weighted by atomic mass is 35.5. The van der Waals surface area contributed by atoms with E-state index >= 15 is 0 Å². The maximum Gasteiger partial charge on any atom is 0.189 e. The number of halogens is 1. The fourth-order valence-electron chi connectivity index (χ4n) is 2.73. The van der Waals surface area contributed by atoms with Gasteiger partial charge in [0, 0.05) is 6.42 Å². The summed E-state index contributed by atoms with van der Waals surface area (Å²) in [6, 6.07) is 13.7. The van der Waals surface area contributed by atoms with Gasteiger partial charge in [-0.3, -0.25) is 0 Å². The minimum Gasteiger partial charge on any atom is -0.465 e. The Morgan fingerprint density at radius 2 is 1.90 bits per heavy atom. The largest absolute Gasteiger partial charge is 0.465 e. The molecule has 0 bridgehead atoms. The van der Waals surface area contributed by atoms with Gasteiger partial charge in [0.2, 0.25) is 0 Å². The molecule has 0 radical (unpaired) electrons. The lowest BCUT2D eigenvalue weighted by atomic mass is 9.85. The fourth-order valence-corrected chi connectivity index (χ4v) is 2.89. The van der Waals surface area contributed by atoms with Crippen LogP contribution in [0.15, 0.2) is 47.5 Å². The van der Waals surface area contributed by atoms with Gasteiger partial charge in [-0.1, -0.05) is 48.9 Å². The lowest BCUT2D eigenvalue weighted by molar-refractivity contribution is 0.110. The van der Waals surface area contributed by atoms with Crippen molar-refractivity contribution in [3.63, 3.8) is 0 Å². The number of aliphatic imine (C=N–C) groups is 1. The van der Waals surface area contributed by atoms with E-state index < -0.39 is 5.60 Å². The Balaban J connectivity index is 2.29. The highest BCUT2D eigenvalue weighted by Crippen LogP contribution is 2.47. The molecule has 1 atom stereocenters. The normalized spacial score (nSPS) is 20.4. The minimum absolute atomic E-state index is 0.523. The predicted octanol–water partition coefficient (Wildman–Crippen LogP) is 4.66. The standard InChI is InChI=1S/C17H17ClN2O/c1-3-14-20-13-10-9-12(18)16(19)15(13)17(2,21-14)11-7-5-4-6-8-11/h4-10H,3,19H2,1-2H3. The molecule has 3 nitrogen and oxygen atoms in total. The first-order valence-electron chi connectivity index (χ1n) is 6.97. The molecule has 2 aromatic rings. The van der Waals surface area contributed by atoms with Crippen molar-refractivity contribution in [2.24, 2.45) is 4.99 Å². The molecule has 1 aliphatic heterocycles. The van der Waals surface area contributed by atoms with Gasteiger partial charge in [-0.15, -0.1) is 0 Å². The number of rotatable bonds is 2.